The molecule has 1 aliphatic heterocycles. The van der Waals surface area contributed by atoms with Crippen LogP contribution in [0.4, 0.5) is 6.01 Å². The fourth-order valence-electron chi connectivity index (χ4n) is 2.40. The summed E-state index contributed by atoms with van der Waals surface area (Å²) in [7, 11) is 0. The average molecular weight is 289 g/mol. The van der Waals surface area contributed by atoms with Crippen molar-refractivity contribution in [2.75, 3.05) is 18.1 Å². The van der Waals surface area contributed by atoms with Crippen molar-refractivity contribution >= 4 is 6.01 Å². The van der Waals surface area contributed by atoms with E-state index in [2.05, 4.69) is 17.1 Å². The topological polar surface area (TPSA) is 71.6 Å². The number of rotatable bonds is 4. The van der Waals surface area contributed by atoms with E-state index < -0.39 is 0 Å². The van der Waals surface area contributed by atoms with E-state index in [9.17, 15) is 5.11 Å². The molecule has 0 radical (unpaired) electrons. The number of ether oxygens (including phenoxy) is 1. The van der Waals surface area contributed by atoms with Crippen LogP contribution in [0.15, 0.2) is 22.6 Å². The van der Waals surface area contributed by atoms with Gasteiger partial charge < -0.3 is 19.2 Å². The van der Waals surface area contributed by atoms with Gasteiger partial charge in [0.2, 0.25) is 5.89 Å². The summed E-state index contributed by atoms with van der Waals surface area (Å²) in [6.45, 7) is 4.00. The van der Waals surface area contributed by atoms with Crippen LogP contribution in [0.1, 0.15) is 30.4 Å². The first-order valence-electron chi connectivity index (χ1n) is 7.23. The Labute approximate surface area is 123 Å². The van der Waals surface area contributed by atoms with Crippen LogP contribution < -0.4 is 9.64 Å². The van der Waals surface area contributed by atoms with Crippen LogP contribution in [0.3, 0.4) is 0 Å². The molecule has 0 unspecified atom stereocenters. The minimum atomic E-state index is 0.0223. The van der Waals surface area contributed by atoms with Gasteiger partial charge in [-0.25, -0.2) is 0 Å². The minimum Gasteiger partial charge on any atom is -0.491 e. The molecule has 112 valence electrons. The lowest BCUT2D eigenvalue weighted by Gasteiger charge is -2.16. The van der Waals surface area contributed by atoms with Crippen molar-refractivity contribution in [3.05, 3.63) is 35.2 Å². The Morgan fingerprint density at radius 2 is 2.24 bits per heavy atom. The first-order chi connectivity index (χ1) is 10.3. The summed E-state index contributed by atoms with van der Waals surface area (Å²) in [4.78, 5) is 2.01. The lowest BCUT2D eigenvalue weighted by molar-refractivity contribution is 0.281. The monoisotopic (exact) mass is 289 g/mol. The summed E-state index contributed by atoms with van der Waals surface area (Å²) in [5, 5.41) is 17.4. The Bertz CT molecular complexity index is 612. The van der Waals surface area contributed by atoms with Crippen LogP contribution >= 0.6 is 0 Å². The Morgan fingerprint density at radius 3 is 3.05 bits per heavy atom. The van der Waals surface area contributed by atoms with Gasteiger partial charge in [-0.3, -0.25) is 0 Å². The Hall–Kier alpha value is -2.08. The van der Waals surface area contributed by atoms with E-state index in [1.54, 1.807) is 0 Å². The first-order valence-corrected chi connectivity index (χ1v) is 7.23. The largest absolute Gasteiger partial charge is 0.491 e. The third-order valence-corrected chi connectivity index (χ3v) is 3.48. The van der Waals surface area contributed by atoms with E-state index in [1.807, 2.05) is 23.1 Å². The summed E-state index contributed by atoms with van der Waals surface area (Å²) >= 11 is 0. The number of nitrogens with zero attached hydrogens (tertiary/aromatic N) is 3. The summed E-state index contributed by atoms with van der Waals surface area (Å²) in [5.74, 6) is 1.52. The van der Waals surface area contributed by atoms with Crippen molar-refractivity contribution in [1.82, 2.24) is 10.2 Å². The molecule has 0 fully saturated rings. The van der Waals surface area contributed by atoms with Gasteiger partial charge in [0.05, 0.1) is 19.7 Å². The van der Waals surface area contributed by atoms with Crippen molar-refractivity contribution < 1.29 is 14.3 Å². The van der Waals surface area contributed by atoms with E-state index in [0.29, 0.717) is 31.6 Å². The maximum absolute atomic E-state index is 9.26. The number of aliphatic hydroxyl groups is 1. The Kier molecular flexibility index (Phi) is 4.06. The van der Waals surface area contributed by atoms with Gasteiger partial charge in [0, 0.05) is 12.0 Å². The van der Waals surface area contributed by atoms with Gasteiger partial charge in [-0.2, -0.15) is 0 Å². The molecule has 1 N–H and O–H groups in total. The number of fused-ring (bicyclic) bond motifs is 1. The van der Waals surface area contributed by atoms with Gasteiger partial charge >= 0.3 is 6.01 Å². The highest BCUT2D eigenvalue weighted by atomic mass is 16.5. The lowest BCUT2D eigenvalue weighted by atomic mass is 10.1. The summed E-state index contributed by atoms with van der Waals surface area (Å²) in [5.41, 5.74) is 1.89. The van der Waals surface area contributed by atoms with E-state index in [4.69, 9.17) is 9.15 Å². The van der Waals surface area contributed by atoms with Crippen LogP contribution in [-0.2, 0) is 19.6 Å². The van der Waals surface area contributed by atoms with Crippen molar-refractivity contribution in [2.24, 2.45) is 0 Å². The van der Waals surface area contributed by atoms with Crippen molar-refractivity contribution in [1.29, 1.82) is 0 Å². The zero-order chi connectivity index (χ0) is 14.7. The molecule has 0 aliphatic carbocycles. The standard InChI is InChI=1S/C15H19N3O3/c1-2-3-14-16-17-15(21-14)18-6-7-20-13-5-4-11(10-19)8-12(13)9-18/h4-5,8,19H,2-3,6-7,9-10H2,1H3. The molecular weight excluding hydrogens is 270 g/mol. The molecule has 0 spiro atoms. The van der Waals surface area contributed by atoms with Crippen LogP contribution in [0.2, 0.25) is 0 Å². The third kappa shape index (κ3) is 3.00. The van der Waals surface area contributed by atoms with E-state index >= 15 is 0 Å². The van der Waals surface area contributed by atoms with Crippen LogP contribution in [0.5, 0.6) is 5.75 Å². The van der Waals surface area contributed by atoms with E-state index in [0.717, 1.165) is 29.7 Å². The molecule has 0 saturated carbocycles. The highest BCUT2D eigenvalue weighted by molar-refractivity contribution is 5.41. The third-order valence-electron chi connectivity index (χ3n) is 3.48. The van der Waals surface area contributed by atoms with Crippen LogP contribution in [0.25, 0.3) is 0 Å². The van der Waals surface area contributed by atoms with E-state index in [-0.39, 0.29) is 6.61 Å². The normalized spacial score (nSPS) is 14.5. The van der Waals surface area contributed by atoms with Gasteiger partial charge in [-0.1, -0.05) is 18.1 Å². The molecule has 21 heavy (non-hydrogen) atoms. The van der Waals surface area contributed by atoms with Crippen LogP contribution in [0, 0.1) is 0 Å². The molecule has 3 rings (SSSR count). The number of hydrogen-bond acceptors (Lipinski definition) is 6. The predicted octanol–water partition coefficient (Wildman–Crippen LogP) is 1.91. The molecule has 1 aromatic heterocycles. The molecule has 6 nitrogen and oxygen atoms in total. The summed E-state index contributed by atoms with van der Waals surface area (Å²) in [6, 6.07) is 6.27. The molecule has 0 amide bonds. The second-order valence-electron chi connectivity index (χ2n) is 5.10. The van der Waals surface area contributed by atoms with Gasteiger partial charge in [0.1, 0.15) is 12.4 Å². The zero-order valence-corrected chi connectivity index (χ0v) is 12.1. The number of aliphatic hydroxyl groups excluding tert-OH is 1. The molecule has 2 heterocycles. The fourth-order valence-corrected chi connectivity index (χ4v) is 2.40. The zero-order valence-electron chi connectivity index (χ0n) is 12.1. The Balaban J connectivity index is 1.83. The van der Waals surface area contributed by atoms with Gasteiger partial charge in [-0.15, -0.1) is 5.10 Å². The van der Waals surface area contributed by atoms with Gasteiger partial charge in [-0.05, 0) is 24.1 Å². The Morgan fingerprint density at radius 1 is 1.33 bits per heavy atom. The van der Waals surface area contributed by atoms with Gasteiger partial charge in [0.15, 0.2) is 0 Å². The molecule has 0 atom stereocenters. The quantitative estimate of drug-likeness (QED) is 0.927. The lowest BCUT2D eigenvalue weighted by Crippen LogP contribution is -2.25. The molecule has 0 saturated heterocycles. The van der Waals surface area contributed by atoms with E-state index in [1.165, 1.54) is 0 Å². The molecule has 1 aromatic carbocycles. The molecule has 6 heteroatoms. The van der Waals surface area contributed by atoms with Gasteiger partial charge in [0.25, 0.3) is 0 Å². The average Bonchev–Trinajstić information content (AvgIpc) is 2.86. The van der Waals surface area contributed by atoms with Crippen LogP contribution in [-0.4, -0.2) is 28.5 Å². The molecular formula is C15H19N3O3. The smallest absolute Gasteiger partial charge is 0.318 e. The number of benzene rings is 1. The van der Waals surface area contributed by atoms with Crippen molar-refractivity contribution in [2.45, 2.75) is 32.9 Å². The maximum atomic E-state index is 9.26. The number of aromatic nitrogens is 2. The summed E-state index contributed by atoms with van der Waals surface area (Å²) in [6.07, 6.45) is 1.77. The first kappa shape index (κ1) is 13.9. The highest BCUT2D eigenvalue weighted by Crippen LogP contribution is 2.27. The highest BCUT2D eigenvalue weighted by Gasteiger charge is 2.20. The number of aryl methyl sites for hydroxylation is 1. The second-order valence-corrected chi connectivity index (χ2v) is 5.10. The molecule has 1 aliphatic rings. The van der Waals surface area contributed by atoms with Crippen molar-refractivity contribution in [3.63, 3.8) is 0 Å². The SMILES string of the molecule is CCCc1nnc(N2CCOc3ccc(CO)cc3C2)o1. The number of hydrogen-bond donors (Lipinski definition) is 1. The van der Waals surface area contributed by atoms with Crippen molar-refractivity contribution in [3.8, 4) is 5.75 Å². The second kappa shape index (κ2) is 6.13. The fraction of sp³-hybridized carbons (Fsp3) is 0.467. The molecule has 2 aromatic rings. The maximum Gasteiger partial charge on any atom is 0.318 e. The summed E-state index contributed by atoms with van der Waals surface area (Å²) < 4.78 is 11.4. The number of anilines is 1. The predicted molar refractivity (Wildman–Crippen MR) is 77.2 cm³/mol. The molecule has 0 bridgehead atoms. The minimum absolute atomic E-state index is 0.0223.